The predicted molar refractivity (Wildman–Crippen MR) is 121 cm³/mol. The van der Waals surface area contributed by atoms with Crippen molar-refractivity contribution >= 4 is 29.1 Å². The Hall–Kier alpha value is -3.16. The van der Waals surface area contributed by atoms with E-state index in [0.717, 1.165) is 37.2 Å². The van der Waals surface area contributed by atoms with Crippen LogP contribution in [0.5, 0.6) is 0 Å². The Kier molecular flexibility index (Phi) is 6.64. The van der Waals surface area contributed by atoms with Crippen LogP contribution in [-0.4, -0.2) is 52.6 Å². The first-order valence-corrected chi connectivity index (χ1v) is 10.6. The number of piperidine rings is 1. The van der Waals surface area contributed by atoms with Crippen molar-refractivity contribution in [3.8, 4) is 11.3 Å². The molecule has 0 aliphatic carbocycles. The van der Waals surface area contributed by atoms with E-state index < -0.39 is 0 Å². The van der Waals surface area contributed by atoms with E-state index in [1.807, 2.05) is 48.5 Å². The van der Waals surface area contributed by atoms with Crippen LogP contribution in [0, 0.1) is 0 Å². The molecule has 8 heteroatoms. The highest BCUT2D eigenvalue weighted by atomic mass is 35.5. The molecule has 1 aromatic heterocycles. The first-order chi connectivity index (χ1) is 15.1. The Balaban J connectivity index is 1.25. The van der Waals surface area contributed by atoms with Gasteiger partial charge in [0.2, 0.25) is 5.91 Å². The second-order valence-corrected chi connectivity index (χ2v) is 7.99. The Morgan fingerprint density at radius 2 is 1.77 bits per heavy atom. The highest BCUT2D eigenvalue weighted by Gasteiger charge is 2.23. The number of amides is 2. The third-order valence-electron chi connectivity index (χ3n) is 5.32. The summed E-state index contributed by atoms with van der Waals surface area (Å²) < 4.78 is 0. The Labute approximate surface area is 185 Å². The minimum Gasteiger partial charge on any atom is -0.348 e. The molecule has 2 aromatic carbocycles. The second kappa shape index (κ2) is 9.76. The summed E-state index contributed by atoms with van der Waals surface area (Å²) in [7, 11) is 0. The van der Waals surface area contributed by atoms with Gasteiger partial charge in [-0.3, -0.25) is 19.6 Å². The van der Waals surface area contributed by atoms with Gasteiger partial charge in [-0.05, 0) is 37.1 Å². The lowest BCUT2D eigenvalue weighted by atomic mass is 10.0. The number of hydrogen-bond donors (Lipinski definition) is 3. The van der Waals surface area contributed by atoms with E-state index in [1.165, 1.54) is 0 Å². The molecule has 2 heterocycles. The van der Waals surface area contributed by atoms with Crippen LogP contribution in [0.3, 0.4) is 0 Å². The zero-order valence-electron chi connectivity index (χ0n) is 17.0. The number of aromatic nitrogens is 2. The number of carbonyl (C=O) groups is 2. The molecule has 31 heavy (non-hydrogen) atoms. The Morgan fingerprint density at radius 3 is 2.52 bits per heavy atom. The summed E-state index contributed by atoms with van der Waals surface area (Å²) in [6.45, 7) is 1.85. The van der Waals surface area contributed by atoms with Gasteiger partial charge in [0.1, 0.15) is 5.69 Å². The molecule has 4 rings (SSSR count). The van der Waals surface area contributed by atoms with Crippen molar-refractivity contribution in [2.75, 3.05) is 25.0 Å². The van der Waals surface area contributed by atoms with Gasteiger partial charge in [0, 0.05) is 30.4 Å². The number of nitrogens with zero attached hydrogens (tertiary/aromatic N) is 2. The minimum absolute atomic E-state index is 0.0294. The molecule has 0 saturated carbocycles. The standard InChI is InChI=1S/C23H24ClN5O2/c24-19-9-5-4-8-18(19)20-14-21(28-27-20)23(31)26-17-10-12-29(13-11-17)15-22(30)25-16-6-2-1-3-7-16/h1-9,14,17H,10-13,15H2,(H,25,30)(H,26,31)(H,27,28). The lowest BCUT2D eigenvalue weighted by molar-refractivity contribution is -0.117. The SMILES string of the molecule is O=C(CN1CCC(NC(=O)c2cc(-c3ccccc3Cl)n[nH]2)CC1)Nc1ccccc1. The molecule has 0 bridgehead atoms. The minimum atomic E-state index is -0.189. The average molecular weight is 438 g/mol. The normalized spacial score (nSPS) is 14.9. The van der Waals surface area contributed by atoms with Gasteiger partial charge in [0.25, 0.3) is 5.91 Å². The fraction of sp³-hybridized carbons (Fsp3) is 0.261. The van der Waals surface area contributed by atoms with Crippen molar-refractivity contribution in [2.45, 2.75) is 18.9 Å². The number of hydrogen-bond acceptors (Lipinski definition) is 4. The average Bonchev–Trinajstić information content (AvgIpc) is 3.26. The zero-order chi connectivity index (χ0) is 21.6. The molecule has 3 N–H and O–H groups in total. The predicted octanol–water partition coefficient (Wildman–Crippen LogP) is 3.56. The molecule has 1 aliphatic heterocycles. The highest BCUT2D eigenvalue weighted by molar-refractivity contribution is 6.33. The fourth-order valence-corrected chi connectivity index (χ4v) is 3.90. The topological polar surface area (TPSA) is 90.1 Å². The molecule has 2 amide bonds. The largest absolute Gasteiger partial charge is 0.348 e. The maximum Gasteiger partial charge on any atom is 0.269 e. The fourth-order valence-electron chi connectivity index (χ4n) is 3.67. The Morgan fingerprint density at radius 1 is 1.06 bits per heavy atom. The van der Waals surface area contributed by atoms with E-state index in [2.05, 4.69) is 25.7 Å². The number of benzene rings is 2. The molecule has 0 atom stereocenters. The molecule has 1 fully saturated rings. The molecule has 1 aliphatic rings. The molecule has 160 valence electrons. The molecule has 0 radical (unpaired) electrons. The summed E-state index contributed by atoms with van der Waals surface area (Å²) in [5.74, 6) is -0.218. The van der Waals surface area contributed by atoms with Crippen molar-refractivity contribution in [3.05, 3.63) is 71.4 Å². The third-order valence-corrected chi connectivity index (χ3v) is 5.65. The number of H-pyrrole nitrogens is 1. The lowest BCUT2D eigenvalue weighted by Gasteiger charge is -2.31. The number of aromatic amines is 1. The molecule has 7 nitrogen and oxygen atoms in total. The van der Waals surface area contributed by atoms with Crippen LogP contribution >= 0.6 is 11.6 Å². The van der Waals surface area contributed by atoms with E-state index in [9.17, 15) is 9.59 Å². The molecule has 0 spiro atoms. The van der Waals surface area contributed by atoms with Gasteiger partial charge >= 0.3 is 0 Å². The zero-order valence-corrected chi connectivity index (χ0v) is 17.7. The van der Waals surface area contributed by atoms with Gasteiger partial charge in [0.15, 0.2) is 0 Å². The summed E-state index contributed by atoms with van der Waals surface area (Å²) in [4.78, 5) is 26.9. The number of likely N-dealkylation sites (tertiary alicyclic amines) is 1. The van der Waals surface area contributed by atoms with E-state index in [0.29, 0.717) is 23.0 Å². The van der Waals surface area contributed by atoms with Gasteiger partial charge in [-0.25, -0.2) is 0 Å². The van der Waals surface area contributed by atoms with Gasteiger partial charge in [0.05, 0.1) is 17.3 Å². The summed E-state index contributed by atoms with van der Waals surface area (Å²) in [6, 6.07) is 18.6. The quantitative estimate of drug-likeness (QED) is 0.550. The molecule has 0 unspecified atom stereocenters. The van der Waals surface area contributed by atoms with Crippen molar-refractivity contribution < 1.29 is 9.59 Å². The van der Waals surface area contributed by atoms with Crippen LogP contribution in [0.15, 0.2) is 60.7 Å². The Bertz CT molecular complexity index is 1040. The van der Waals surface area contributed by atoms with Gasteiger partial charge in [-0.2, -0.15) is 5.10 Å². The van der Waals surface area contributed by atoms with Crippen LogP contribution in [0.25, 0.3) is 11.3 Å². The highest BCUT2D eigenvalue weighted by Crippen LogP contribution is 2.26. The van der Waals surface area contributed by atoms with Crippen LogP contribution in [0.2, 0.25) is 5.02 Å². The number of halogens is 1. The van der Waals surface area contributed by atoms with Crippen molar-refractivity contribution in [1.82, 2.24) is 20.4 Å². The van der Waals surface area contributed by atoms with Crippen LogP contribution in [0.1, 0.15) is 23.3 Å². The van der Waals surface area contributed by atoms with E-state index in [-0.39, 0.29) is 17.9 Å². The van der Waals surface area contributed by atoms with Crippen molar-refractivity contribution in [1.29, 1.82) is 0 Å². The van der Waals surface area contributed by atoms with Crippen molar-refractivity contribution in [3.63, 3.8) is 0 Å². The second-order valence-electron chi connectivity index (χ2n) is 7.58. The van der Waals surface area contributed by atoms with E-state index >= 15 is 0 Å². The van der Waals surface area contributed by atoms with Crippen LogP contribution in [-0.2, 0) is 4.79 Å². The van der Waals surface area contributed by atoms with Gasteiger partial charge in [-0.1, -0.05) is 48.0 Å². The number of para-hydroxylation sites is 1. The third kappa shape index (κ3) is 5.51. The summed E-state index contributed by atoms with van der Waals surface area (Å²) in [6.07, 6.45) is 1.58. The maximum absolute atomic E-state index is 12.6. The van der Waals surface area contributed by atoms with Gasteiger partial charge < -0.3 is 10.6 Å². The molecule has 1 saturated heterocycles. The number of carbonyl (C=O) groups excluding carboxylic acids is 2. The lowest BCUT2D eigenvalue weighted by Crippen LogP contribution is -2.46. The number of nitrogens with one attached hydrogen (secondary N) is 3. The first kappa shape index (κ1) is 21.1. The van der Waals surface area contributed by atoms with Crippen molar-refractivity contribution in [2.24, 2.45) is 0 Å². The molecular formula is C23H24ClN5O2. The summed E-state index contributed by atoms with van der Waals surface area (Å²) in [5.41, 5.74) is 2.61. The molecular weight excluding hydrogens is 414 g/mol. The maximum atomic E-state index is 12.6. The monoisotopic (exact) mass is 437 g/mol. The number of anilines is 1. The number of rotatable bonds is 6. The smallest absolute Gasteiger partial charge is 0.269 e. The van der Waals surface area contributed by atoms with Crippen LogP contribution < -0.4 is 10.6 Å². The van der Waals surface area contributed by atoms with E-state index in [1.54, 1.807) is 12.1 Å². The van der Waals surface area contributed by atoms with Gasteiger partial charge in [-0.15, -0.1) is 0 Å². The summed E-state index contributed by atoms with van der Waals surface area (Å²) in [5, 5.41) is 13.6. The first-order valence-electron chi connectivity index (χ1n) is 10.3. The van der Waals surface area contributed by atoms with Crippen LogP contribution in [0.4, 0.5) is 5.69 Å². The molecule has 3 aromatic rings. The van der Waals surface area contributed by atoms with E-state index in [4.69, 9.17) is 11.6 Å². The summed E-state index contributed by atoms with van der Waals surface area (Å²) >= 11 is 6.21.